The first-order valence-corrected chi connectivity index (χ1v) is 11.0. The van der Waals surface area contributed by atoms with Crippen molar-refractivity contribution in [3.05, 3.63) is 69.3 Å². The van der Waals surface area contributed by atoms with Crippen molar-refractivity contribution in [1.82, 2.24) is 4.90 Å². The van der Waals surface area contributed by atoms with Gasteiger partial charge in [0.25, 0.3) is 11.6 Å². The number of carbonyl (C=O) groups excluding carboxylic acids is 1. The van der Waals surface area contributed by atoms with Gasteiger partial charge in [0.05, 0.1) is 22.9 Å². The van der Waals surface area contributed by atoms with Gasteiger partial charge in [-0.25, -0.2) is 8.42 Å². The molecule has 2 aromatic carbocycles. The quantitative estimate of drug-likeness (QED) is 0.549. The molecule has 0 fully saturated rings. The highest BCUT2D eigenvalue weighted by molar-refractivity contribution is 7.92. The molecule has 1 amide bonds. The third-order valence-electron chi connectivity index (χ3n) is 5.30. The number of non-ortho nitro benzene ring substituents is 1. The lowest BCUT2D eigenvalue weighted by atomic mass is 10.0. The van der Waals surface area contributed by atoms with Crippen molar-refractivity contribution < 1.29 is 18.1 Å². The van der Waals surface area contributed by atoms with Crippen LogP contribution in [0.2, 0.25) is 0 Å². The Morgan fingerprint density at radius 2 is 1.97 bits per heavy atom. The first kappa shape index (κ1) is 20.8. The number of amides is 1. The molecule has 1 heterocycles. The molecule has 0 N–H and O–H groups in total. The first-order valence-electron chi connectivity index (χ1n) is 9.14. The van der Waals surface area contributed by atoms with E-state index in [2.05, 4.69) is 0 Å². The molecule has 1 aliphatic rings. The molecule has 29 heavy (non-hydrogen) atoms. The molecule has 0 bridgehead atoms. The molecule has 154 valence electrons. The number of sulfonamides is 1. The maximum Gasteiger partial charge on any atom is 0.269 e. The van der Waals surface area contributed by atoms with Crippen molar-refractivity contribution in [2.24, 2.45) is 0 Å². The molecule has 0 spiro atoms. The monoisotopic (exact) mass is 417 g/mol. The summed E-state index contributed by atoms with van der Waals surface area (Å²) < 4.78 is 25.5. The van der Waals surface area contributed by atoms with Gasteiger partial charge in [-0.3, -0.25) is 19.2 Å². The smallest absolute Gasteiger partial charge is 0.269 e. The highest BCUT2D eigenvalue weighted by atomic mass is 32.2. The minimum Gasteiger partial charge on any atom is -0.335 e. The van der Waals surface area contributed by atoms with E-state index in [1.54, 1.807) is 44.3 Å². The van der Waals surface area contributed by atoms with E-state index in [1.807, 2.05) is 6.92 Å². The van der Waals surface area contributed by atoms with Crippen LogP contribution in [0.15, 0.2) is 42.5 Å². The van der Waals surface area contributed by atoms with Crippen LogP contribution in [0.1, 0.15) is 41.4 Å². The van der Waals surface area contributed by atoms with Gasteiger partial charge in [0.2, 0.25) is 10.0 Å². The van der Waals surface area contributed by atoms with Gasteiger partial charge in [-0.1, -0.05) is 12.1 Å². The number of hydrogen-bond acceptors (Lipinski definition) is 5. The van der Waals surface area contributed by atoms with Crippen molar-refractivity contribution in [2.45, 2.75) is 32.4 Å². The minimum atomic E-state index is -3.39. The van der Waals surface area contributed by atoms with Crippen molar-refractivity contribution in [2.75, 3.05) is 17.6 Å². The van der Waals surface area contributed by atoms with Gasteiger partial charge in [-0.15, -0.1) is 0 Å². The van der Waals surface area contributed by atoms with E-state index in [1.165, 1.54) is 27.6 Å². The van der Waals surface area contributed by atoms with Crippen LogP contribution in [0.25, 0.3) is 0 Å². The van der Waals surface area contributed by atoms with Gasteiger partial charge < -0.3 is 4.90 Å². The average Bonchev–Trinajstić information content (AvgIpc) is 3.01. The van der Waals surface area contributed by atoms with Gasteiger partial charge in [0.1, 0.15) is 0 Å². The number of nitro groups is 1. The normalized spacial score (nSPS) is 17.0. The van der Waals surface area contributed by atoms with Crippen molar-refractivity contribution >= 4 is 27.3 Å². The molecule has 8 nitrogen and oxygen atoms in total. The third-order valence-corrected chi connectivity index (χ3v) is 6.57. The zero-order chi connectivity index (χ0) is 21.5. The summed E-state index contributed by atoms with van der Waals surface area (Å²) in [5, 5.41) is 11.0. The molecule has 0 aliphatic carbocycles. The van der Waals surface area contributed by atoms with E-state index < -0.39 is 14.9 Å². The lowest BCUT2D eigenvalue weighted by molar-refractivity contribution is -0.384. The Kier molecular flexibility index (Phi) is 5.36. The van der Waals surface area contributed by atoms with Crippen LogP contribution in [-0.4, -0.2) is 43.5 Å². The van der Waals surface area contributed by atoms with Gasteiger partial charge in [0, 0.05) is 30.8 Å². The summed E-state index contributed by atoms with van der Waals surface area (Å²) in [5.74, 6) is -0.239. The zero-order valence-electron chi connectivity index (χ0n) is 16.7. The molecule has 3 rings (SSSR count). The highest BCUT2D eigenvalue weighted by Crippen LogP contribution is 2.35. The van der Waals surface area contributed by atoms with Gasteiger partial charge >= 0.3 is 0 Å². The molecule has 0 unspecified atom stereocenters. The van der Waals surface area contributed by atoms with E-state index in [9.17, 15) is 23.3 Å². The van der Waals surface area contributed by atoms with Crippen molar-refractivity contribution in [3.63, 3.8) is 0 Å². The molecule has 2 atom stereocenters. The van der Waals surface area contributed by atoms with Gasteiger partial charge in [-0.2, -0.15) is 0 Å². The molecule has 2 aromatic rings. The Morgan fingerprint density at radius 1 is 1.28 bits per heavy atom. The van der Waals surface area contributed by atoms with Crippen LogP contribution in [0.5, 0.6) is 0 Å². The highest BCUT2D eigenvalue weighted by Gasteiger charge is 2.33. The summed E-state index contributed by atoms with van der Waals surface area (Å²) in [4.78, 5) is 25.1. The van der Waals surface area contributed by atoms with Crippen LogP contribution < -0.4 is 4.31 Å². The van der Waals surface area contributed by atoms with Gasteiger partial charge in [0.15, 0.2) is 0 Å². The Balaban J connectivity index is 1.87. The number of nitrogens with zero attached hydrogens (tertiary/aromatic N) is 3. The summed E-state index contributed by atoms with van der Waals surface area (Å²) in [6.07, 6.45) is 1.71. The zero-order valence-corrected chi connectivity index (χ0v) is 17.5. The lowest BCUT2D eigenvalue weighted by Crippen LogP contribution is -2.34. The number of nitro benzene ring substituents is 1. The van der Waals surface area contributed by atoms with Crippen LogP contribution in [0.4, 0.5) is 11.4 Å². The molecule has 0 aromatic heterocycles. The first-order chi connectivity index (χ1) is 13.5. The Labute approximate surface area is 169 Å². The van der Waals surface area contributed by atoms with E-state index >= 15 is 0 Å². The second kappa shape index (κ2) is 7.47. The maximum absolute atomic E-state index is 13.0. The lowest BCUT2D eigenvalue weighted by Gasteiger charge is -2.26. The second-order valence-electron chi connectivity index (χ2n) is 7.40. The number of rotatable bonds is 5. The molecular weight excluding hydrogens is 394 g/mol. The fourth-order valence-electron chi connectivity index (χ4n) is 3.74. The molecule has 9 heteroatoms. The molecule has 0 radical (unpaired) electrons. The van der Waals surface area contributed by atoms with Crippen LogP contribution >= 0.6 is 0 Å². The summed E-state index contributed by atoms with van der Waals surface area (Å²) in [6.45, 7) is 3.64. The van der Waals surface area contributed by atoms with Crippen LogP contribution in [0.3, 0.4) is 0 Å². The van der Waals surface area contributed by atoms with Crippen LogP contribution in [-0.2, 0) is 16.4 Å². The molecule has 1 aliphatic heterocycles. The van der Waals surface area contributed by atoms with Gasteiger partial charge in [-0.05, 0) is 49.6 Å². The Bertz CT molecular complexity index is 1080. The fraction of sp³-hybridized carbons (Fsp3) is 0.350. The number of benzene rings is 2. The summed E-state index contributed by atoms with van der Waals surface area (Å²) >= 11 is 0. The largest absolute Gasteiger partial charge is 0.335 e. The Morgan fingerprint density at radius 3 is 2.59 bits per heavy atom. The standard InChI is InChI=1S/C20H23N3O5S/c1-13-10-17-11-16(8-9-19(17)22(13)29(4,27)28)20(24)21(3)14(2)15-6-5-7-18(12-15)23(25)26/h5-9,11-14H,10H2,1-4H3/t13-,14-/m1/s1. The maximum atomic E-state index is 13.0. The van der Waals surface area contributed by atoms with E-state index in [-0.39, 0.29) is 23.7 Å². The predicted octanol–water partition coefficient (Wildman–Crippen LogP) is 3.14. The number of hydrogen-bond donors (Lipinski definition) is 0. The Hall–Kier alpha value is -2.94. The minimum absolute atomic E-state index is 0.0254. The van der Waals surface area contributed by atoms with Crippen molar-refractivity contribution in [3.8, 4) is 0 Å². The summed E-state index contributed by atoms with van der Waals surface area (Å²) in [5.41, 5.74) is 2.50. The van der Waals surface area contributed by atoms with Crippen molar-refractivity contribution in [1.29, 1.82) is 0 Å². The second-order valence-corrected chi connectivity index (χ2v) is 9.26. The number of carbonyl (C=O) groups is 1. The third kappa shape index (κ3) is 3.95. The number of fused-ring (bicyclic) bond motifs is 1. The van der Waals surface area contributed by atoms with E-state index in [0.717, 1.165) is 5.56 Å². The van der Waals surface area contributed by atoms with Crippen LogP contribution in [0, 0.1) is 10.1 Å². The SMILES string of the molecule is C[C@H](c1cccc([N+](=O)[O-])c1)N(C)C(=O)c1ccc2c(c1)C[C@@H](C)N2S(C)(=O)=O. The molecular formula is C20H23N3O5S. The number of anilines is 1. The molecule has 0 saturated carbocycles. The van der Waals surface area contributed by atoms with E-state index in [4.69, 9.17) is 0 Å². The fourth-order valence-corrected chi connectivity index (χ4v) is 5.01. The summed E-state index contributed by atoms with van der Waals surface area (Å²) in [7, 11) is -1.75. The van der Waals surface area contributed by atoms with E-state index in [0.29, 0.717) is 23.2 Å². The molecule has 0 saturated heterocycles. The topological polar surface area (TPSA) is 101 Å². The predicted molar refractivity (Wildman–Crippen MR) is 111 cm³/mol. The average molecular weight is 417 g/mol. The summed E-state index contributed by atoms with van der Waals surface area (Å²) in [6, 6.07) is 10.7.